The first-order valence-electron chi connectivity index (χ1n) is 4.93. The molecule has 14 heavy (non-hydrogen) atoms. The summed E-state index contributed by atoms with van der Waals surface area (Å²) in [7, 11) is 0. The van der Waals surface area contributed by atoms with E-state index in [1.165, 1.54) is 0 Å². The van der Waals surface area contributed by atoms with Gasteiger partial charge in [-0.1, -0.05) is 13.8 Å². The number of esters is 1. The van der Waals surface area contributed by atoms with Crippen molar-refractivity contribution in [2.45, 2.75) is 46.6 Å². The molecule has 0 aromatic carbocycles. The standard InChI is InChI=1S/C11H20O3/c1-8(2)9(7-12)6-10(13)14-11(3,4)5/h7-9H,6H2,1-5H3. The molecule has 0 saturated carbocycles. The average molecular weight is 200 g/mol. The molecule has 0 saturated heterocycles. The molecule has 0 radical (unpaired) electrons. The van der Waals surface area contributed by atoms with E-state index in [0.717, 1.165) is 6.29 Å². The zero-order valence-corrected chi connectivity index (χ0v) is 9.66. The van der Waals surface area contributed by atoms with E-state index >= 15 is 0 Å². The fraction of sp³-hybridized carbons (Fsp3) is 0.818. The number of hydrogen-bond acceptors (Lipinski definition) is 3. The first-order chi connectivity index (χ1) is 6.26. The van der Waals surface area contributed by atoms with Crippen molar-refractivity contribution in [3.05, 3.63) is 0 Å². The van der Waals surface area contributed by atoms with E-state index in [9.17, 15) is 9.59 Å². The van der Waals surface area contributed by atoms with Crippen molar-refractivity contribution in [1.29, 1.82) is 0 Å². The Morgan fingerprint density at radius 2 is 1.86 bits per heavy atom. The number of rotatable bonds is 4. The minimum absolute atomic E-state index is 0.179. The maximum atomic E-state index is 11.4. The van der Waals surface area contributed by atoms with Crippen molar-refractivity contribution >= 4 is 12.3 Å². The summed E-state index contributed by atoms with van der Waals surface area (Å²) in [5.74, 6) is -0.354. The smallest absolute Gasteiger partial charge is 0.307 e. The van der Waals surface area contributed by atoms with Crippen LogP contribution in [-0.4, -0.2) is 17.9 Å². The van der Waals surface area contributed by atoms with Crippen LogP contribution in [0.2, 0.25) is 0 Å². The normalized spacial score (nSPS) is 13.9. The van der Waals surface area contributed by atoms with Crippen molar-refractivity contribution in [3.63, 3.8) is 0 Å². The van der Waals surface area contributed by atoms with Gasteiger partial charge in [0.25, 0.3) is 0 Å². The highest BCUT2D eigenvalue weighted by molar-refractivity contribution is 5.74. The Morgan fingerprint density at radius 3 is 2.14 bits per heavy atom. The highest BCUT2D eigenvalue weighted by Crippen LogP contribution is 2.16. The van der Waals surface area contributed by atoms with Crippen LogP contribution in [0.1, 0.15) is 41.0 Å². The van der Waals surface area contributed by atoms with Crippen molar-refractivity contribution in [1.82, 2.24) is 0 Å². The fourth-order valence-electron chi connectivity index (χ4n) is 1.02. The van der Waals surface area contributed by atoms with Gasteiger partial charge < -0.3 is 9.53 Å². The number of ether oxygens (including phenoxy) is 1. The lowest BCUT2D eigenvalue weighted by Crippen LogP contribution is -2.26. The van der Waals surface area contributed by atoms with Crippen LogP contribution in [-0.2, 0) is 14.3 Å². The highest BCUT2D eigenvalue weighted by Gasteiger charge is 2.21. The maximum Gasteiger partial charge on any atom is 0.307 e. The van der Waals surface area contributed by atoms with Gasteiger partial charge in [0.05, 0.1) is 6.42 Å². The molecule has 3 heteroatoms. The second kappa shape index (κ2) is 5.13. The topological polar surface area (TPSA) is 43.4 Å². The second-order valence-corrected chi connectivity index (χ2v) is 4.83. The number of carbonyl (C=O) groups excluding carboxylic acids is 2. The first kappa shape index (κ1) is 13.1. The molecule has 0 heterocycles. The Kier molecular flexibility index (Phi) is 4.81. The predicted octanol–water partition coefficient (Wildman–Crippen LogP) is 2.19. The molecule has 0 N–H and O–H groups in total. The van der Waals surface area contributed by atoms with E-state index in [4.69, 9.17) is 4.74 Å². The number of carbonyl (C=O) groups is 2. The van der Waals surface area contributed by atoms with E-state index in [-0.39, 0.29) is 24.2 Å². The molecule has 0 aliphatic heterocycles. The Labute approximate surface area is 85.8 Å². The van der Waals surface area contributed by atoms with Gasteiger partial charge in [-0.15, -0.1) is 0 Å². The summed E-state index contributed by atoms with van der Waals surface area (Å²) in [6.45, 7) is 9.29. The zero-order chi connectivity index (χ0) is 11.4. The predicted molar refractivity (Wildman–Crippen MR) is 54.9 cm³/mol. The molecule has 1 atom stereocenters. The number of hydrogen-bond donors (Lipinski definition) is 0. The second-order valence-electron chi connectivity index (χ2n) is 4.83. The van der Waals surface area contributed by atoms with Gasteiger partial charge in [0.1, 0.15) is 11.9 Å². The molecule has 82 valence electrons. The summed E-state index contributed by atoms with van der Waals surface area (Å²) in [5.41, 5.74) is -0.471. The summed E-state index contributed by atoms with van der Waals surface area (Å²) >= 11 is 0. The van der Waals surface area contributed by atoms with Crippen molar-refractivity contribution in [2.75, 3.05) is 0 Å². The quantitative estimate of drug-likeness (QED) is 0.516. The van der Waals surface area contributed by atoms with Crippen molar-refractivity contribution in [3.8, 4) is 0 Å². The third-order valence-electron chi connectivity index (χ3n) is 1.85. The van der Waals surface area contributed by atoms with Gasteiger partial charge >= 0.3 is 5.97 Å². The SMILES string of the molecule is CC(C)C(C=O)CC(=O)OC(C)(C)C. The minimum atomic E-state index is -0.471. The van der Waals surface area contributed by atoms with Crippen LogP contribution in [0.15, 0.2) is 0 Å². The zero-order valence-electron chi connectivity index (χ0n) is 9.66. The third kappa shape index (κ3) is 5.73. The molecule has 0 aliphatic rings. The van der Waals surface area contributed by atoms with Crippen LogP contribution in [0.3, 0.4) is 0 Å². The molecule has 3 nitrogen and oxygen atoms in total. The van der Waals surface area contributed by atoms with Crippen LogP contribution in [0.4, 0.5) is 0 Å². The van der Waals surface area contributed by atoms with Crippen molar-refractivity contribution < 1.29 is 14.3 Å². The molecular weight excluding hydrogens is 180 g/mol. The van der Waals surface area contributed by atoms with Crippen LogP contribution < -0.4 is 0 Å². The summed E-state index contributed by atoms with van der Waals surface area (Å²) in [6, 6.07) is 0. The molecule has 0 amide bonds. The summed E-state index contributed by atoms with van der Waals surface area (Å²) in [5, 5.41) is 0. The van der Waals surface area contributed by atoms with Crippen LogP contribution >= 0.6 is 0 Å². The molecule has 0 bridgehead atoms. The molecule has 0 aromatic rings. The lowest BCUT2D eigenvalue weighted by molar-refractivity contribution is -0.157. The molecule has 1 unspecified atom stereocenters. The van der Waals surface area contributed by atoms with E-state index in [0.29, 0.717) is 0 Å². The summed E-state index contributed by atoms with van der Waals surface area (Å²) < 4.78 is 5.12. The third-order valence-corrected chi connectivity index (χ3v) is 1.85. The van der Waals surface area contributed by atoms with Gasteiger partial charge in [-0.3, -0.25) is 4.79 Å². The van der Waals surface area contributed by atoms with E-state index in [1.54, 1.807) is 0 Å². The van der Waals surface area contributed by atoms with Gasteiger partial charge in [0.15, 0.2) is 0 Å². The van der Waals surface area contributed by atoms with Crippen LogP contribution in [0.5, 0.6) is 0 Å². The van der Waals surface area contributed by atoms with Gasteiger partial charge in [-0.2, -0.15) is 0 Å². The van der Waals surface area contributed by atoms with Gasteiger partial charge in [-0.05, 0) is 26.7 Å². The molecule has 0 rings (SSSR count). The largest absolute Gasteiger partial charge is 0.460 e. The number of aldehydes is 1. The van der Waals surface area contributed by atoms with Gasteiger partial charge in [0, 0.05) is 5.92 Å². The Bertz CT molecular complexity index is 201. The first-order valence-corrected chi connectivity index (χ1v) is 4.93. The van der Waals surface area contributed by atoms with E-state index in [1.807, 2.05) is 34.6 Å². The summed E-state index contributed by atoms with van der Waals surface area (Å²) in [4.78, 5) is 22.0. The highest BCUT2D eigenvalue weighted by atomic mass is 16.6. The molecule has 0 aromatic heterocycles. The summed E-state index contributed by atoms with van der Waals surface area (Å²) in [6.07, 6.45) is 1.01. The lowest BCUT2D eigenvalue weighted by atomic mass is 9.94. The Morgan fingerprint density at radius 1 is 1.36 bits per heavy atom. The molecular formula is C11H20O3. The van der Waals surface area contributed by atoms with Crippen LogP contribution in [0, 0.1) is 11.8 Å². The molecule has 0 fully saturated rings. The van der Waals surface area contributed by atoms with Crippen molar-refractivity contribution in [2.24, 2.45) is 11.8 Å². The van der Waals surface area contributed by atoms with E-state index in [2.05, 4.69) is 0 Å². The Balaban J connectivity index is 4.11. The fourth-order valence-corrected chi connectivity index (χ4v) is 1.02. The van der Waals surface area contributed by atoms with Gasteiger partial charge in [0.2, 0.25) is 0 Å². The van der Waals surface area contributed by atoms with E-state index < -0.39 is 5.60 Å². The minimum Gasteiger partial charge on any atom is -0.460 e. The molecule has 0 aliphatic carbocycles. The monoisotopic (exact) mass is 200 g/mol. The maximum absolute atomic E-state index is 11.4. The van der Waals surface area contributed by atoms with Crippen LogP contribution in [0.25, 0.3) is 0 Å². The Hall–Kier alpha value is -0.860. The lowest BCUT2D eigenvalue weighted by Gasteiger charge is -2.21. The van der Waals surface area contributed by atoms with Gasteiger partial charge in [-0.25, -0.2) is 0 Å². The molecule has 0 spiro atoms. The average Bonchev–Trinajstić information content (AvgIpc) is 1.96.